The maximum atomic E-state index is 10.1. The molecule has 0 heterocycles. The molecule has 0 saturated carbocycles. The zero-order valence-electron chi connectivity index (χ0n) is 8.57. The van der Waals surface area contributed by atoms with E-state index in [1.54, 1.807) is 18.2 Å². The van der Waals surface area contributed by atoms with Gasteiger partial charge in [-0.15, -0.1) is 0 Å². The van der Waals surface area contributed by atoms with Crippen molar-refractivity contribution in [2.24, 2.45) is 0 Å². The van der Waals surface area contributed by atoms with Gasteiger partial charge in [-0.25, -0.2) is 0 Å². The summed E-state index contributed by atoms with van der Waals surface area (Å²) in [5.74, 6) is 0.486. The van der Waals surface area contributed by atoms with Gasteiger partial charge in [0.25, 0.3) is 6.47 Å². The lowest BCUT2D eigenvalue weighted by Gasteiger charge is -2.06. The molecule has 0 aromatic heterocycles. The van der Waals surface area contributed by atoms with Crippen LogP contribution in [0.15, 0.2) is 24.3 Å². The van der Waals surface area contributed by atoms with E-state index in [0.717, 1.165) is 5.56 Å². The molecular weight excluding hydrogens is 214 g/mol. The van der Waals surface area contributed by atoms with E-state index in [1.807, 2.05) is 6.07 Å². The lowest BCUT2D eigenvalue weighted by Crippen LogP contribution is -2.15. The quantitative estimate of drug-likeness (QED) is 0.413. The number of aryl methyl sites for hydroxylation is 1. The second-order valence-electron chi connectivity index (χ2n) is 3.05. The summed E-state index contributed by atoms with van der Waals surface area (Å²) in [5, 5.41) is 16.2. The predicted octanol–water partition coefficient (Wildman–Crippen LogP) is 1.17. The van der Waals surface area contributed by atoms with Gasteiger partial charge >= 0.3 is 0 Å². The molecule has 88 valence electrons. The maximum absolute atomic E-state index is 10.1. The van der Waals surface area contributed by atoms with Gasteiger partial charge in [0.05, 0.1) is 12.0 Å². The first-order chi connectivity index (χ1) is 7.72. The summed E-state index contributed by atoms with van der Waals surface area (Å²) in [5.41, 5.74) is 0.977. The van der Waals surface area contributed by atoms with Gasteiger partial charge in [0.1, 0.15) is 5.75 Å². The third-order valence-electron chi connectivity index (χ3n) is 1.90. The molecule has 0 atom stereocenters. The Bertz CT molecular complexity index is 329. The van der Waals surface area contributed by atoms with Gasteiger partial charge in [0.15, 0.2) is 0 Å². The largest absolute Gasteiger partial charge is 0.429 e. The van der Waals surface area contributed by atoms with Gasteiger partial charge in [-0.2, -0.15) is 0 Å². The van der Waals surface area contributed by atoms with Crippen molar-refractivity contribution in [2.75, 3.05) is 6.61 Å². The number of carbonyl (C=O) groups excluding carboxylic acids is 1. The van der Waals surface area contributed by atoms with Crippen LogP contribution in [0.1, 0.15) is 12.0 Å². The number of ether oxygens (including phenoxy) is 1. The van der Waals surface area contributed by atoms with Crippen LogP contribution < -0.4 is 4.74 Å². The van der Waals surface area contributed by atoms with Crippen LogP contribution in [0.2, 0.25) is 0 Å². The third kappa shape index (κ3) is 4.85. The molecule has 0 spiro atoms. The van der Waals surface area contributed by atoms with E-state index in [4.69, 9.17) is 15.2 Å². The van der Waals surface area contributed by atoms with E-state index in [2.05, 4.69) is 4.84 Å². The Balaban J connectivity index is 2.35. The minimum Gasteiger partial charge on any atom is -0.429 e. The lowest BCUT2D eigenvalue weighted by molar-refractivity contribution is -0.492. The van der Waals surface area contributed by atoms with Gasteiger partial charge in [0, 0.05) is 0 Å². The highest BCUT2D eigenvalue weighted by Crippen LogP contribution is 2.13. The van der Waals surface area contributed by atoms with Gasteiger partial charge in [-0.3, -0.25) is 20.0 Å². The zero-order chi connectivity index (χ0) is 11.8. The molecular formula is C10H13NO5. The van der Waals surface area contributed by atoms with Crippen LogP contribution in [0.3, 0.4) is 0 Å². The molecule has 16 heavy (non-hydrogen) atoms. The number of nitrogens with zero attached hydrogens (tertiary/aromatic N) is 1. The summed E-state index contributed by atoms with van der Waals surface area (Å²) in [7, 11) is 0. The molecule has 1 aromatic rings. The number of hydrogen-bond acceptors (Lipinski definition) is 6. The van der Waals surface area contributed by atoms with Crippen LogP contribution >= 0.6 is 0 Å². The molecule has 2 N–H and O–H groups in total. The number of carbonyl (C=O) groups is 1. The normalized spacial score (nSPS) is 10.4. The summed E-state index contributed by atoms with van der Waals surface area (Å²) >= 11 is 0. The van der Waals surface area contributed by atoms with E-state index in [1.165, 1.54) is 0 Å². The molecule has 0 amide bonds. The van der Waals surface area contributed by atoms with Crippen molar-refractivity contribution >= 4 is 6.47 Å². The fraction of sp³-hybridized carbons (Fsp3) is 0.300. The molecule has 0 aliphatic carbocycles. The summed E-state index contributed by atoms with van der Waals surface area (Å²) in [4.78, 5) is 14.5. The Morgan fingerprint density at radius 1 is 1.38 bits per heavy atom. The Morgan fingerprint density at radius 2 is 2.19 bits per heavy atom. The second kappa shape index (κ2) is 6.91. The average molecular weight is 227 g/mol. The SMILES string of the molecule is O=COc1cccc(CCCON(O)O)c1. The summed E-state index contributed by atoms with van der Waals surface area (Å²) in [6.45, 7) is 0.559. The molecule has 0 aliphatic heterocycles. The Kier molecular flexibility index (Phi) is 5.44. The van der Waals surface area contributed by atoms with Crippen LogP contribution in [0.5, 0.6) is 5.75 Å². The summed E-state index contributed by atoms with van der Waals surface area (Å²) in [6, 6.07) is 7.08. The Labute approximate surface area is 92.5 Å². The van der Waals surface area contributed by atoms with E-state index in [0.29, 0.717) is 25.1 Å². The minimum atomic E-state index is -0.314. The Hall–Kier alpha value is -1.47. The minimum absolute atomic E-state index is 0.186. The molecule has 0 radical (unpaired) electrons. The van der Waals surface area contributed by atoms with Crippen LogP contribution in [0.25, 0.3) is 0 Å². The topological polar surface area (TPSA) is 79.2 Å². The van der Waals surface area contributed by atoms with Crippen LogP contribution in [0, 0.1) is 0 Å². The number of rotatable bonds is 7. The average Bonchev–Trinajstić information content (AvgIpc) is 2.25. The van der Waals surface area contributed by atoms with E-state index >= 15 is 0 Å². The van der Waals surface area contributed by atoms with Crippen LogP contribution in [-0.4, -0.2) is 28.9 Å². The first kappa shape index (κ1) is 12.6. The molecule has 1 aromatic carbocycles. The second-order valence-corrected chi connectivity index (χ2v) is 3.05. The molecule has 0 unspecified atom stereocenters. The first-order valence-electron chi connectivity index (χ1n) is 4.72. The van der Waals surface area contributed by atoms with Crippen molar-refractivity contribution in [1.29, 1.82) is 0 Å². The van der Waals surface area contributed by atoms with Gasteiger partial charge < -0.3 is 4.74 Å². The smallest absolute Gasteiger partial charge is 0.298 e. The van der Waals surface area contributed by atoms with Gasteiger partial charge in [0.2, 0.25) is 0 Å². The molecule has 6 nitrogen and oxygen atoms in total. The van der Waals surface area contributed by atoms with Crippen molar-refractivity contribution in [3.8, 4) is 5.75 Å². The highest BCUT2D eigenvalue weighted by atomic mass is 17.1. The van der Waals surface area contributed by atoms with Crippen molar-refractivity contribution < 1.29 is 24.8 Å². The van der Waals surface area contributed by atoms with E-state index in [9.17, 15) is 4.79 Å². The third-order valence-corrected chi connectivity index (χ3v) is 1.90. The Morgan fingerprint density at radius 3 is 2.88 bits per heavy atom. The van der Waals surface area contributed by atoms with Crippen LogP contribution in [0.4, 0.5) is 0 Å². The highest BCUT2D eigenvalue weighted by molar-refractivity contribution is 5.45. The fourth-order valence-electron chi connectivity index (χ4n) is 1.25. The monoisotopic (exact) mass is 227 g/mol. The standard InChI is InChI=1S/C10H13NO5/c12-8-15-10-5-1-3-9(7-10)4-2-6-16-11(13)14/h1,3,5,7-8,13-14H,2,4,6H2. The first-order valence-corrected chi connectivity index (χ1v) is 4.72. The predicted molar refractivity (Wildman–Crippen MR) is 52.8 cm³/mol. The fourth-order valence-corrected chi connectivity index (χ4v) is 1.25. The van der Waals surface area contributed by atoms with E-state index < -0.39 is 0 Å². The molecule has 1 rings (SSSR count). The number of hydrogen-bond donors (Lipinski definition) is 2. The molecule has 6 heteroatoms. The zero-order valence-corrected chi connectivity index (χ0v) is 8.57. The lowest BCUT2D eigenvalue weighted by atomic mass is 10.1. The van der Waals surface area contributed by atoms with Crippen molar-refractivity contribution in [3.63, 3.8) is 0 Å². The summed E-state index contributed by atoms with van der Waals surface area (Å²) in [6.07, 6.45) is 1.30. The van der Waals surface area contributed by atoms with E-state index in [-0.39, 0.29) is 12.0 Å². The molecule has 0 bridgehead atoms. The molecule has 0 fully saturated rings. The van der Waals surface area contributed by atoms with Crippen molar-refractivity contribution in [3.05, 3.63) is 29.8 Å². The van der Waals surface area contributed by atoms with Gasteiger partial charge in [-0.05, 0) is 30.5 Å². The molecule has 0 saturated heterocycles. The number of benzene rings is 1. The van der Waals surface area contributed by atoms with Crippen LogP contribution in [-0.2, 0) is 16.1 Å². The maximum Gasteiger partial charge on any atom is 0.298 e. The van der Waals surface area contributed by atoms with Gasteiger partial charge in [-0.1, -0.05) is 12.1 Å². The highest BCUT2D eigenvalue weighted by Gasteiger charge is 1.98. The molecule has 0 aliphatic rings. The van der Waals surface area contributed by atoms with Crippen molar-refractivity contribution in [1.82, 2.24) is 5.39 Å². The van der Waals surface area contributed by atoms with Crippen molar-refractivity contribution in [2.45, 2.75) is 12.8 Å². The summed E-state index contributed by atoms with van der Waals surface area (Å²) < 4.78 is 4.69.